The second-order valence-corrected chi connectivity index (χ2v) is 5.52. The average Bonchev–Trinajstić information content (AvgIpc) is 2.96. The molecule has 1 aromatic heterocycles. The molecule has 1 aliphatic heterocycles. The van der Waals surface area contributed by atoms with Gasteiger partial charge in [-0.15, -0.1) is 11.3 Å². The Bertz CT molecular complexity index is 496. The van der Waals surface area contributed by atoms with Gasteiger partial charge in [0.2, 0.25) is 0 Å². The second-order valence-electron chi connectivity index (χ2n) is 4.30. The van der Waals surface area contributed by atoms with Crippen molar-refractivity contribution in [3.05, 3.63) is 16.0 Å². The monoisotopic (exact) mass is 264 g/mol. The summed E-state index contributed by atoms with van der Waals surface area (Å²) >= 11 is 1.47. The Kier molecular flexibility index (Phi) is 4.00. The topological polar surface area (TPSA) is 62.1 Å². The van der Waals surface area contributed by atoms with Crippen molar-refractivity contribution in [2.45, 2.75) is 39.2 Å². The molecule has 1 amide bonds. The molecular weight excluding hydrogens is 248 g/mol. The summed E-state index contributed by atoms with van der Waals surface area (Å²) in [6.45, 7) is 4.64. The number of hydrogen-bond donors (Lipinski definition) is 1. The number of carbonyl (C=O) groups is 1. The number of amides is 1. The van der Waals surface area contributed by atoms with Crippen LogP contribution in [0.1, 0.15) is 35.8 Å². The van der Waals surface area contributed by atoms with E-state index in [0.29, 0.717) is 17.2 Å². The number of ether oxygens (including phenoxy) is 1. The molecule has 0 bridgehead atoms. The number of carbonyl (C=O) groups excluding carboxylic acids is 1. The van der Waals surface area contributed by atoms with Gasteiger partial charge in [0.1, 0.15) is 17.2 Å². The molecule has 2 rings (SSSR count). The first kappa shape index (κ1) is 13.1. The zero-order valence-corrected chi connectivity index (χ0v) is 11.4. The first-order valence-electron chi connectivity index (χ1n) is 6.12. The molecule has 1 aliphatic rings. The van der Waals surface area contributed by atoms with Gasteiger partial charge in [-0.1, -0.05) is 6.92 Å². The minimum atomic E-state index is -0.357. The van der Waals surface area contributed by atoms with Crippen LogP contribution >= 0.6 is 11.3 Å². The van der Waals surface area contributed by atoms with E-state index in [-0.39, 0.29) is 12.0 Å². The summed E-state index contributed by atoms with van der Waals surface area (Å²) in [6, 6.07) is 2.19. The maximum absolute atomic E-state index is 12.0. The van der Waals surface area contributed by atoms with Gasteiger partial charge in [0, 0.05) is 11.5 Å². The lowest BCUT2D eigenvalue weighted by molar-refractivity contribution is -0.124. The lowest BCUT2D eigenvalue weighted by Crippen LogP contribution is -2.26. The Morgan fingerprint density at radius 2 is 2.44 bits per heavy atom. The Morgan fingerprint density at radius 1 is 1.67 bits per heavy atom. The molecule has 0 radical (unpaired) electrons. The molecule has 18 heavy (non-hydrogen) atoms. The molecule has 1 atom stereocenters. The highest BCUT2D eigenvalue weighted by Crippen LogP contribution is 2.33. The van der Waals surface area contributed by atoms with Crippen LogP contribution in [0.25, 0.3) is 0 Å². The van der Waals surface area contributed by atoms with E-state index < -0.39 is 0 Å². The lowest BCUT2D eigenvalue weighted by atomic mass is 10.1. The van der Waals surface area contributed by atoms with Crippen LogP contribution in [-0.2, 0) is 16.0 Å². The van der Waals surface area contributed by atoms with Crippen molar-refractivity contribution >= 4 is 22.2 Å². The van der Waals surface area contributed by atoms with Gasteiger partial charge in [-0.05, 0) is 31.7 Å². The summed E-state index contributed by atoms with van der Waals surface area (Å²) < 4.78 is 5.33. The molecule has 2 heterocycles. The SMILES string of the molecule is CCc1c(C)sc(NC(=O)[C@@H]2CCCO2)c1C#N. The van der Waals surface area contributed by atoms with E-state index in [4.69, 9.17) is 4.74 Å². The molecule has 1 aromatic rings. The number of anilines is 1. The van der Waals surface area contributed by atoms with E-state index in [2.05, 4.69) is 11.4 Å². The molecule has 5 heteroatoms. The molecule has 1 fully saturated rings. The Morgan fingerprint density at radius 3 is 3.00 bits per heavy atom. The van der Waals surface area contributed by atoms with Crippen LogP contribution in [0.15, 0.2) is 0 Å². The van der Waals surface area contributed by atoms with Gasteiger partial charge < -0.3 is 10.1 Å². The summed E-state index contributed by atoms with van der Waals surface area (Å²) in [5.74, 6) is -0.132. The van der Waals surface area contributed by atoms with Crippen LogP contribution in [0, 0.1) is 18.3 Å². The number of hydrogen-bond acceptors (Lipinski definition) is 4. The van der Waals surface area contributed by atoms with Crippen molar-refractivity contribution in [1.82, 2.24) is 0 Å². The number of thiophene rings is 1. The smallest absolute Gasteiger partial charge is 0.254 e. The quantitative estimate of drug-likeness (QED) is 0.912. The standard InChI is InChI=1S/C13H16N2O2S/c1-3-9-8(2)18-13(10(9)7-14)15-12(16)11-5-4-6-17-11/h11H,3-6H2,1-2H3,(H,15,16)/t11-/m0/s1. The molecule has 0 saturated carbocycles. The van der Waals surface area contributed by atoms with E-state index >= 15 is 0 Å². The van der Waals surface area contributed by atoms with Crippen molar-refractivity contribution in [3.63, 3.8) is 0 Å². The highest BCUT2D eigenvalue weighted by molar-refractivity contribution is 7.16. The van der Waals surface area contributed by atoms with Crippen molar-refractivity contribution in [2.75, 3.05) is 11.9 Å². The number of rotatable bonds is 3. The Balaban J connectivity index is 2.19. The van der Waals surface area contributed by atoms with E-state index in [1.54, 1.807) is 0 Å². The fraction of sp³-hybridized carbons (Fsp3) is 0.538. The Labute approximate surface area is 111 Å². The summed E-state index contributed by atoms with van der Waals surface area (Å²) in [5.41, 5.74) is 1.64. The third kappa shape index (κ3) is 2.40. The number of nitrogens with one attached hydrogen (secondary N) is 1. The fourth-order valence-corrected chi connectivity index (χ4v) is 3.29. The predicted molar refractivity (Wildman–Crippen MR) is 70.8 cm³/mol. The van der Waals surface area contributed by atoms with Gasteiger partial charge in [-0.25, -0.2) is 0 Å². The van der Waals surface area contributed by atoms with E-state index in [0.717, 1.165) is 29.7 Å². The fourth-order valence-electron chi connectivity index (χ4n) is 2.19. The first-order chi connectivity index (χ1) is 8.67. The molecule has 1 saturated heterocycles. The van der Waals surface area contributed by atoms with Gasteiger partial charge >= 0.3 is 0 Å². The summed E-state index contributed by atoms with van der Waals surface area (Å²) in [7, 11) is 0. The lowest BCUT2D eigenvalue weighted by Gasteiger charge is -2.09. The summed E-state index contributed by atoms with van der Waals surface area (Å²) in [4.78, 5) is 13.0. The van der Waals surface area contributed by atoms with E-state index in [1.165, 1.54) is 11.3 Å². The molecule has 96 valence electrons. The number of nitriles is 1. The molecule has 0 aromatic carbocycles. The minimum Gasteiger partial charge on any atom is -0.368 e. The molecule has 0 aliphatic carbocycles. The summed E-state index contributed by atoms with van der Waals surface area (Å²) in [5, 5.41) is 12.7. The van der Waals surface area contributed by atoms with Gasteiger partial charge in [0.15, 0.2) is 0 Å². The Hall–Kier alpha value is -1.38. The minimum absolute atomic E-state index is 0.132. The van der Waals surface area contributed by atoms with Gasteiger partial charge in [0.05, 0.1) is 5.56 Å². The highest BCUT2D eigenvalue weighted by Gasteiger charge is 2.25. The van der Waals surface area contributed by atoms with Crippen LogP contribution in [-0.4, -0.2) is 18.6 Å². The second kappa shape index (κ2) is 5.51. The molecular formula is C13H16N2O2S. The zero-order chi connectivity index (χ0) is 13.1. The van der Waals surface area contributed by atoms with Crippen molar-refractivity contribution in [1.29, 1.82) is 5.26 Å². The maximum atomic E-state index is 12.0. The first-order valence-corrected chi connectivity index (χ1v) is 6.93. The highest BCUT2D eigenvalue weighted by atomic mass is 32.1. The van der Waals surface area contributed by atoms with Gasteiger partial charge in [0.25, 0.3) is 5.91 Å². The average molecular weight is 264 g/mol. The molecule has 1 N–H and O–H groups in total. The molecule has 0 spiro atoms. The third-order valence-corrected chi connectivity index (χ3v) is 4.20. The maximum Gasteiger partial charge on any atom is 0.254 e. The predicted octanol–water partition coefficient (Wildman–Crippen LogP) is 2.61. The summed E-state index contributed by atoms with van der Waals surface area (Å²) in [6.07, 6.45) is 2.14. The van der Waals surface area contributed by atoms with Crippen molar-refractivity contribution in [3.8, 4) is 6.07 Å². The molecule has 0 unspecified atom stereocenters. The van der Waals surface area contributed by atoms with Crippen molar-refractivity contribution in [2.24, 2.45) is 0 Å². The zero-order valence-electron chi connectivity index (χ0n) is 10.6. The normalized spacial score (nSPS) is 18.6. The van der Waals surface area contributed by atoms with Crippen LogP contribution in [0.5, 0.6) is 0 Å². The van der Waals surface area contributed by atoms with Crippen molar-refractivity contribution < 1.29 is 9.53 Å². The van der Waals surface area contributed by atoms with E-state index in [1.807, 2.05) is 13.8 Å². The van der Waals surface area contributed by atoms with Crippen LogP contribution in [0.3, 0.4) is 0 Å². The van der Waals surface area contributed by atoms with Gasteiger partial charge in [-0.3, -0.25) is 4.79 Å². The largest absolute Gasteiger partial charge is 0.368 e. The number of aryl methyl sites for hydroxylation is 1. The van der Waals surface area contributed by atoms with Crippen LogP contribution in [0.2, 0.25) is 0 Å². The van der Waals surface area contributed by atoms with Gasteiger partial charge in [-0.2, -0.15) is 5.26 Å². The van der Waals surface area contributed by atoms with Crippen LogP contribution < -0.4 is 5.32 Å². The van der Waals surface area contributed by atoms with Crippen LogP contribution in [0.4, 0.5) is 5.00 Å². The van der Waals surface area contributed by atoms with E-state index in [9.17, 15) is 10.1 Å². The molecule has 4 nitrogen and oxygen atoms in total. The third-order valence-electron chi connectivity index (χ3n) is 3.13. The number of nitrogens with zero attached hydrogens (tertiary/aromatic N) is 1.